The maximum Gasteiger partial charge on any atom is 0.0647 e. The second kappa shape index (κ2) is 3.62. The van der Waals surface area contributed by atoms with Gasteiger partial charge in [0.05, 0.1) is 5.60 Å². The summed E-state index contributed by atoms with van der Waals surface area (Å²) in [6, 6.07) is 10.3. The number of ether oxygens (including phenoxy) is 1. The molecule has 0 amide bonds. The first kappa shape index (κ1) is 10.7. The molecule has 1 heterocycles. The lowest BCUT2D eigenvalue weighted by Crippen LogP contribution is -2.49. The van der Waals surface area contributed by atoms with E-state index in [2.05, 4.69) is 26.0 Å². The summed E-state index contributed by atoms with van der Waals surface area (Å²) in [7, 11) is 0. The minimum atomic E-state index is -0.219. The molecule has 2 rings (SSSR count). The standard InChI is InChI=1S/C13H19NO/c1-12(2)10-13(14,8-9-15-12)11-6-4-3-5-7-11/h3-7H,8-10,14H2,1-2H3/t13-/m1/s1. The average molecular weight is 205 g/mol. The van der Waals surface area contributed by atoms with E-state index < -0.39 is 0 Å². The summed E-state index contributed by atoms with van der Waals surface area (Å²) in [4.78, 5) is 0. The van der Waals surface area contributed by atoms with E-state index >= 15 is 0 Å². The van der Waals surface area contributed by atoms with Crippen molar-refractivity contribution in [2.24, 2.45) is 5.73 Å². The zero-order valence-corrected chi connectivity index (χ0v) is 9.49. The second-order valence-corrected chi connectivity index (χ2v) is 5.06. The molecule has 0 radical (unpaired) electrons. The Labute approximate surface area is 91.4 Å². The summed E-state index contributed by atoms with van der Waals surface area (Å²) in [5, 5.41) is 0. The number of rotatable bonds is 1. The van der Waals surface area contributed by atoms with Crippen LogP contribution in [0.15, 0.2) is 30.3 Å². The molecule has 0 bridgehead atoms. The van der Waals surface area contributed by atoms with Crippen LogP contribution < -0.4 is 5.73 Å². The molecule has 1 saturated heterocycles. The summed E-state index contributed by atoms with van der Waals surface area (Å²) >= 11 is 0. The minimum Gasteiger partial charge on any atom is -0.375 e. The molecule has 1 aromatic rings. The molecule has 0 aliphatic carbocycles. The monoisotopic (exact) mass is 205 g/mol. The van der Waals surface area contributed by atoms with E-state index in [1.165, 1.54) is 5.56 Å². The summed E-state index contributed by atoms with van der Waals surface area (Å²) < 4.78 is 5.70. The van der Waals surface area contributed by atoms with Gasteiger partial charge in [-0.3, -0.25) is 0 Å². The van der Waals surface area contributed by atoms with E-state index in [0.29, 0.717) is 0 Å². The van der Waals surface area contributed by atoms with Gasteiger partial charge in [-0.25, -0.2) is 0 Å². The van der Waals surface area contributed by atoms with Gasteiger partial charge in [0.25, 0.3) is 0 Å². The van der Waals surface area contributed by atoms with Crippen LogP contribution in [0.25, 0.3) is 0 Å². The molecule has 15 heavy (non-hydrogen) atoms. The molecule has 1 fully saturated rings. The Kier molecular flexibility index (Phi) is 2.57. The van der Waals surface area contributed by atoms with Crippen molar-refractivity contribution >= 4 is 0 Å². The topological polar surface area (TPSA) is 35.2 Å². The van der Waals surface area contributed by atoms with E-state index in [9.17, 15) is 0 Å². The highest BCUT2D eigenvalue weighted by Gasteiger charge is 2.38. The quantitative estimate of drug-likeness (QED) is 0.764. The maximum atomic E-state index is 6.48. The molecule has 2 nitrogen and oxygen atoms in total. The highest BCUT2D eigenvalue weighted by molar-refractivity contribution is 5.25. The van der Waals surface area contributed by atoms with Crippen LogP contribution in [0, 0.1) is 0 Å². The van der Waals surface area contributed by atoms with E-state index in [4.69, 9.17) is 10.5 Å². The predicted octanol–water partition coefficient (Wildman–Crippen LogP) is 2.43. The summed E-state index contributed by atoms with van der Waals surface area (Å²) in [6.45, 7) is 4.96. The van der Waals surface area contributed by atoms with Gasteiger partial charge in [-0.15, -0.1) is 0 Å². The Balaban J connectivity index is 2.27. The Morgan fingerprint density at radius 2 is 1.87 bits per heavy atom. The SMILES string of the molecule is CC1(C)C[C@@](N)(c2ccccc2)CCO1. The van der Waals surface area contributed by atoms with Gasteiger partial charge in [0.1, 0.15) is 0 Å². The highest BCUT2D eigenvalue weighted by Crippen LogP contribution is 2.37. The molecular formula is C13H19NO. The molecule has 0 unspecified atom stereocenters. The van der Waals surface area contributed by atoms with Crippen molar-refractivity contribution in [2.75, 3.05) is 6.61 Å². The lowest BCUT2D eigenvalue weighted by Gasteiger charge is -2.42. The minimum absolute atomic E-state index is 0.108. The van der Waals surface area contributed by atoms with Gasteiger partial charge < -0.3 is 10.5 Å². The van der Waals surface area contributed by atoms with Gasteiger partial charge >= 0.3 is 0 Å². The van der Waals surface area contributed by atoms with Crippen LogP contribution in [-0.4, -0.2) is 12.2 Å². The first-order chi connectivity index (χ1) is 7.02. The fourth-order valence-corrected chi connectivity index (χ4v) is 2.43. The highest BCUT2D eigenvalue weighted by atomic mass is 16.5. The van der Waals surface area contributed by atoms with Crippen LogP contribution in [-0.2, 0) is 10.3 Å². The summed E-state index contributed by atoms with van der Waals surface area (Å²) in [5.41, 5.74) is 7.37. The van der Waals surface area contributed by atoms with Gasteiger partial charge in [0.2, 0.25) is 0 Å². The molecule has 82 valence electrons. The molecule has 0 saturated carbocycles. The molecular weight excluding hydrogens is 186 g/mol. The third-order valence-corrected chi connectivity index (χ3v) is 3.13. The average Bonchev–Trinajstić information content (AvgIpc) is 2.17. The van der Waals surface area contributed by atoms with Crippen LogP contribution in [0.1, 0.15) is 32.3 Å². The van der Waals surface area contributed by atoms with Crippen LogP contribution >= 0.6 is 0 Å². The molecule has 1 aliphatic heterocycles. The molecule has 2 heteroatoms. The van der Waals surface area contributed by atoms with Crippen LogP contribution in [0.4, 0.5) is 0 Å². The van der Waals surface area contributed by atoms with Crippen molar-refractivity contribution < 1.29 is 4.74 Å². The van der Waals surface area contributed by atoms with Crippen molar-refractivity contribution in [3.63, 3.8) is 0 Å². The fraction of sp³-hybridized carbons (Fsp3) is 0.538. The molecule has 1 aromatic carbocycles. The molecule has 1 aliphatic rings. The fourth-order valence-electron chi connectivity index (χ4n) is 2.43. The molecule has 0 aromatic heterocycles. The summed E-state index contributed by atoms with van der Waals surface area (Å²) in [5.74, 6) is 0. The van der Waals surface area contributed by atoms with Gasteiger partial charge in [-0.05, 0) is 32.3 Å². The third kappa shape index (κ3) is 2.21. The molecule has 0 spiro atoms. The zero-order chi connectivity index (χ0) is 10.9. The lowest BCUT2D eigenvalue weighted by molar-refractivity contribution is -0.0813. The smallest absolute Gasteiger partial charge is 0.0647 e. The summed E-state index contributed by atoms with van der Waals surface area (Å²) in [6.07, 6.45) is 1.78. The van der Waals surface area contributed by atoms with Crippen LogP contribution in [0.3, 0.4) is 0 Å². The predicted molar refractivity (Wildman–Crippen MR) is 61.6 cm³/mol. The number of hydrogen-bond acceptors (Lipinski definition) is 2. The number of hydrogen-bond donors (Lipinski definition) is 1. The lowest BCUT2D eigenvalue weighted by atomic mass is 9.77. The first-order valence-electron chi connectivity index (χ1n) is 5.50. The van der Waals surface area contributed by atoms with Crippen molar-refractivity contribution in [1.82, 2.24) is 0 Å². The van der Waals surface area contributed by atoms with Gasteiger partial charge in [0.15, 0.2) is 0 Å². The number of nitrogens with two attached hydrogens (primary N) is 1. The first-order valence-corrected chi connectivity index (χ1v) is 5.50. The van der Waals surface area contributed by atoms with Crippen molar-refractivity contribution in [1.29, 1.82) is 0 Å². The third-order valence-electron chi connectivity index (χ3n) is 3.13. The number of benzene rings is 1. The van der Waals surface area contributed by atoms with Crippen LogP contribution in [0.2, 0.25) is 0 Å². The Morgan fingerprint density at radius 1 is 1.20 bits per heavy atom. The normalized spacial score (nSPS) is 30.1. The maximum absolute atomic E-state index is 6.48. The zero-order valence-electron chi connectivity index (χ0n) is 9.49. The Hall–Kier alpha value is -0.860. The van der Waals surface area contributed by atoms with Crippen molar-refractivity contribution in [3.8, 4) is 0 Å². The van der Waals surface area contributed by atoms with E-state index in [1.54, 1.807) is 0 Å². The largest absolute Gasteiger partial charge is 0.375 e. The van der Waals surface area contributed by atoms with Gasteiger partial charge in [-0.2, -0.15) is 0 Å². The van der Waals surface area contributed by atoms with Gasteiger partial charge in [-0.1, -0.05) is 30.3 Å². The Bertz CT molecular complexity index is 334. The Morgan fingerprint density at radius 3 is 2.47 bits per heavy atom. The van der Waals surface area contributed by atoms with Gasteiger partial charge in [0, 0.05) is 12.1 Å². The van der Waals surface area contributed by atoms with E-state index in [1.807, 2.05) is 18.2 Å². The second-order valence-electron chi connectivity index (χ2n) is 5.06. The van der Waals surface area contributed by atoms with E-state index in [-0.39, 0.29) is 11.1 Å². The van der Waals surface area contributed by atoms with Crippen LogP contribution in [0.5, 0.6) is 0 Å². The van der Waals surface area contributed by atoms with E-state index in [0.717, 1.165) is 19.4 Å². The van der Waals surface area contributed by atoms with Crippen molar-refractivity contribution in [2.45, 2.75) is 37.8 Å². The molecule has 2 N–H and O–H groups in total. The van der Waals surface area contributed by atoms with Crippen molar-refractivity contribution in [3.05, 3.63) is 35.9 Å². The molecule has 1 atom stereocenters.